The summed E-state index contributed by atoms with van der Waals surface area (Å²) in [4.78, 5) is 28.0. The van der Waals surface area contributed by atoms with E-state index in [0.29, 0.717) is 25.4 Å². The zero-order chi connectivity index (χ0) is 20.8. The molecule has 6 heteroatoms. The summed E-state index contributed by atoms with van der Waals surface area (Å²) in [7, 11) is 0. The third-order valence-corrected chi connectivity index (χ3v) is 6.16. The molecule has 3 rings (SSSR count). The van der Waals surface area contributed by atoms with Crippen molar-refractivity contribution >= 4 is 23.2 Å². The summed E-state index contributed by atoms with van der Waals surface area (Å²) in [5.41, 5.74) is 1.11. The smallest absolute Gasteiger partial charge is 0.263 e. The molecule has 29 heavy (non-hydrogen) atoms. The zero-order valence-corrected chi connectivity index (χ0v) is 18.2. The van der Waals surface area contributed by atoms with Crippen molar-refractivity contribution in [3.05, 3.63) is 52.2 Å². The Kier molecular flexibility index (Phi) is 7.31. The quantitative estimate of drug-likeness (QED) is 0.745. The molecule has 1 N–H and O–H groups in total. The number of rotatable bonds is 7. The van der Waals surface area contributed by atoms with E-state index in [1.54, 1.807) is 11.3 Å². The number of carbonyl (C=O) groups excluding carboxylic acids is 2. The Labute approximate surface area is 177 Å². The van der Waals surface area contributed by atoms with E-state index in [0.717, 1.165) is 29.0 Å². The van der Waals surface area contributed by atoms with Crippen LogP contribution in [0.15, 0.2) is 41.8 Å². The van der Waals surface area contributed by atoms with E-state index < -0.39 is 6.10 Å². The molecule has 2 aromatic rings. The van der Waals surface area contributed by atoms with Gasteiger partial charge in [-0.1, -0.05) is 38.1 Å². The fourth-order valence-corrected chi connectivity index (χ4v) is 4.36. The van der Waals surface area contributed by atoms with E-state index in [2.05, 4.69) is 19.2 Å². The van der Waals surface area contributed by atoms with Gasteiger partial charge in [-0.15, -0.1) is 11.3 Å². The predicted octanol–water partition coefficient (Wildman–Crippen LogP) is 3.99. The van der Waals surface area contributed by atoms with Gasteiger partial charge in [0.15, 0.2) is 6.10 Å². The Bertz CT molecular complexity index is 811. The van der Waals surface area contributed by atoms with Crippen molar-refractivity contribution in [3.63, 3.8) is 0 Å². The molecule has 0 bridgehead atoms. The number of hydrogen-bond acceptors (Lipinski definition) is 4. The molecule has 5 nitrogen and oxygen atoms in total. The first-order valence-corrected chi connectivity index (χ1v) is 11.2. The number of thiophene rings is 1. The molecule has 0 spiro atoms. The van der Waals surface area contributed by atoms with E-state index in [1.165, 1.54) is 0 Å². The fourth-order valence-electron chi connectivity index (χ4n) is 3.66. The summed E-state index contributed by atoms with van der Waals surface area (Å²) in [6.45, 7) is 7.33. The Hall–Kier alpha value is -2.34. The van der Waals surface area contributed by atoms with Crippen LogP contribution in [0.1, 0.15) is 50.0 Å². The molecule has 1 atom stereocenters. The topological polar surface area (TPSA) is 58.6 Å². The molecule has 1 fully saturated rings. The third-order valence-electron chi connectivity index (χ3n) is 5.28. The van der Waals surface area contributed by atoms with Gasteiger partial charge >= 0.3 is 0 Å². The molecule has 0 radical (unpaired) electrons. The first-order valence-electron chi connectivity index (χ1n) is 10.3. The van der Waals surface area contributed by atoms with Gasteiger partial charge in [-0.3, -0.25) is 9.59 Å². The maximum absolute atomic E-state index is 12.8. The number of piperidine rings is 1. The number of ether oxygens (including phenoxy) is 1. The maximum atomic E-state index is 12.8. The fraction of sp³-hybridized carbons (Fsp3) is 0.478. The van der Waals surface area contributed by atoms with Gasteiger partial charge in [0, 0.05) is 24.0 Å². The number of carbonyl (C=O) groups is 2. The highest BCUT2D eigenvalue weighted by Gasteiger charge is 2.28. The van der Waals surface area contributed by atoms with Gasteiger partial charge in [0.05, 0.1) is 6.42 Å². The average Bonchev–Trinajstić information content (AvgIpc) is 3.21. The van der Waals surface area contributed by atoms with Gasteiger partial charge in [-0.25, -0.2) is 0 Å². The number of amides is 2. The molecule has 1 aromatic carbocycles. The average molecular weight is 415 g/mol. The number of benzene rings is 1. The highest BCUT2D eigenvalue weighted by Crippen LogP contribution is 2.27. The molecule has 1 aromatic heterocycles. The van der Waals surface area contributed by atoms with Crippen molar-refractivity contribution in [2.45, 2.75) is 58.1 Å². The summed E-state index contributed by atoms with van der Waals surface area (Å²) in [5.74, 6) is 1.17. The van der Waals surface area contributed by atoms with Crippen molar-refractivity contribution in [3.8, 4) is 5.75 Å². The van der Waals surface area contributed by atoms with Crippen LogP contribution < -0.4 is 10.1 Å². The zero-order valence-electron chi connectivity index (χ0n) is 17.4. The second kappa shape index (κ2) is 9.92. The van der Waals surface area contributed by atoms with Crippen molar-refractivity contribution in [1.29, 1.82) is 0 Å². The molecule has 2 amide bonds. The third kappa shape index (κ3) is 5.82. The minimum Gasteiger partial charge on any atom is -0.481 e. The van der Waals surface area contributed by atoms with Gasteiger partial charge < -0.3 is 15.0 Å². The minimum atomic E-state index is -0.528. The van der Waals surface area contributed by atoms with Crippen LogP contribution >= 0.6 is 11.3 Å². The molecule has 1 aliphatic heterocycles. The largest absolute Gasteiger partial charge is 0.481 e. The second-order valence-electron chi connectivity index (χ2n) is 7.88. The van der Waals surface area contributed by atoms with Gasteiger partial charge in [0.25, 0.3) is 5.91 Å². The molecule has 0 aliphatic carbocycles. The van der Waals surface area contributed by atoms with Gasteiger partial charge in [0.1, 0.15) is 5.75 Å². The van der Waals surface area contributed by atoms with Crippen LogP contribution in [-0.4, -0.2) is 41.9 Å². The van der Waals surface area contributed by atoms with E-state index in [9.17, 15) is 9.59 Å². The molecule has 1 unspecified atom stereocenters. The highest BCUT2D eigenvalue weighted by atomic mass is 32.1. The SMILES string of the molecule is CC(Oc1ccccc1C(C)C)C(=O)N1CCC(NC(=O)Cc2cccs2)CC1. The lowest BCUT2D eigenvalue weighted by molar-refractivity contribution is -0.139. The van der Waals surface area contributed by atoms with E-state index >= 15 is 0 Å². The van der Waals surface area contributed by atoms with Crippen LogP contribution in [0.4, 0.5) is 0 Å². The normalized spacial score (nSPS) is 15.9. The molecule has 156 valence electrons. The van der Waals surface area contributed by atoms with Crippen molar-refractivity contribution in [2.75, 3.05) is 13.1 Å². The monoisotopic (exact) mass is 414 g/mol. The number of hydrogen-bond donors (Lipinski definition) is 1. The lowest BCUT2D eigenvalue weighted by Gasteiger charge is -2.34. The van der Waals surface area contributed by atoms with Crippen molar-refractivity contribution in [2.24, 2.45) is 0 Å². The number of para-hydroxylation sites is 1. The molecular formula is C23H30N2O3S. The van der Waals surface area contributed by atoms with Gasteiger partial charge in [0.2, 0.25) is 5.91 Å². The standard InChI is InChI=1S/C23H30N2O3S/c1-16(2)20-8-4-5-9-21(20)28-17(3)23(27)25-12-10-18(11-13-25)24-22(26)15-19-7-6-14-29-19/h4-9,14,16-18H,10-13,15H2,1-3H3,(H,24,26). The molecule has 2 heterocycles. The van der Waals surface area contributed by atoms with Gasteiger partial charge in [-0.2, -0.15) is 0 Å². The Morgan fingerprint density at radius 1 is 1.14 bits per heavy atom. The summed E-state index contributed by atoms with van der Waals surface area (Å²) < 4.78 is 6.01. The van der Waals surface area contributed by atoms with Crippen LogP contribution in [0.3, 0.4) is 0 Å². The van der Waals surface area contributed by atoms with Gasteiger partial charge in [-0.05, 0) is 48.8 Å². The van der Waals surface area contributed by atoms with Crippen LogP contribution in [-0.2, 0) is 16.0 Å². The Morgan fingerprint density at radius 2 is 1.86 bits per heavy atom. The summed E-state index contributed by atoms with van der Waals surface area (Å²) in [6, 6.07) is 12.0. The minimum absolute atomic E-state index is 0.00641. The lowest BCUT2D eigenvalue weighted by atomic mass is 10.0. The molecule has 1 aliphatic rings. The molecular weight excluding hydrogens is 384 g/mol. The van der Waals surface area contributed by atoms with Crippen LogP contribution in [0.2, 0.25) is 0 Å². The Balaban J connectivity index is 1.47. The summed E-state index contributed by atoms with van der Waals surface area (Å²) >= 11 is 1.60. The second-order valence-corrected chi connectivity index (χ2v) is 8.91. The number of nitrogens with zero attached hydrogens (tertiary/aromatic N) is 1. The van der Waals surface area contributed by atoms with E-state index in [1.807, 2.05) is 53.6 Å². The number of likely N-dealkylation sites (tertiary alicyclic amines) is 1. The molecule has 0 saturated carbocycles. The predicted molar refractivity (Wildman–Crippen MR) is 116 cm³/mol. The maximum Gasteiger partial charge on any atom is 0.263 e. The van der Waals surface area contributed by atoms with Crippen molar-refractivity contribution < 1.29 is 14.3 Å². The first-order chi connectivity index (χ1) is 13.9. The highest BCUT2D eigenvalue weighted by molar-refractivity contribution is 7.10. The summed E-state index contributed by atoms with van der Waals surface area (Å²) in [6.07, 6.45) is 1.45. The van der Waals surface area contributed by atoms with E-state index in [-0.39, 0.29) is 17.9 Å². The van der Waals surface area contributed by atoms with Crippen LogP contribution in [0.5, 0.6) is 5.75 Å². The first kappa shape index (κ1) is 21.4. The Morgan fingerprint density at radius 3 is 2.52 bits per heavy atom. The summed E-state index contributed by atoms with van der Waals surface area (Å²) in [5, 5.41) is 5.09. The lowest BCUT2D eigenvalue weighted by Crippen LogP contribution is -2.49. The number of nitrogens with one attached hydrogen (secondary N) is 1. The van der Waals surface area contributed by atoms with Crippen LogP contribution in [0.25, 0.3) is 0 Å². The molecule has 1 saturated heterocycles. The van der Waals surface area contributed by atoms with E-state index in [4.69, 9.17) is 4.74 Å². The van der Waals surface area contributed by atoms with Crippen LogP contribution in [0, 0.1) is 0 Å². The van der Waals surface area contributed by atoms with Crippen molar-refractivity contribution in [1.82, 2.24) is 10.2 Å².